The second-order valence-corrected chi connectivity index (χ2v) is 3.47. The molecule has 0 spiro atoms. The lowest BCUT2D eigenvalue weighted by Gasteiger charge is -2.04. The highest BCUT2D eigenvalue weighted by Gasteiger charge is 2.15. The molecule has 15 heavy (non-hydrogen) atoms. The van der Waals surface area contributed by atoms with Crippen LogP contribution in [-0.2, 0) is 11.3 Å². The predicted molar refractivity (Wildman–Crippen MR) is 55.5 cm³/mol. The summed E-state index contributed by atoms with van der Waals surface area (Å²) in [6, 6.07) is 5.78. The van der Waals surface area contributed by atoms with Gasteiger partial charge in [-0.3, -0.25) is 10.1 Å². The summed E-state index contributed by atoms with van der Waals surface area (Å²) in [6.07, 6.45) is 0. The minimum atomic E-state index is -1.75. The zero-order valence-corrected chi connectivity index (χ0v) is 8.82. The summed E-state index contributed by atoms with van der Waals surface area (Å²) < 4.78 is 18.5. The van der Waals surface area contributed by atoms with E-state index in [2.05, 4.69) is 4.72 Å². The first kappa shape index (κ1) is 11.6. The Hall–Kier alpha value is -1.47. The number of hydrogen-bond donors (Lipinski definition) is 1. The molecular formula is C8H10N2O4S. The molecule has 6 nitrogen and oxygen atoms in total. The SMILES string of the molecule is CCNS(=O)Oc1ccccc1[N+](=O)[O-]. The van der Waals surface area contributed by atoms with E-state index in [1.807, 2.05) is 0 Å². The number of nitrogens with one attached hydrogen (secondary N) is 1. The van der Waals surface area contributed by atoms with Crippen LogP contribution in [0, 0.1) is 10.1 Å². The molecule has 1 unspecified atom stereocenters. The van der Waals surface area contributed by atoms with Gasteiger partial charge in [-0.2, -0.15) is 4.21 Å². The minimum absolute atomic E-state index is 0.0122. The first-order chi connectivity index (χ1) is 7.15. The molecule has 1 N–H and O–H groups in total. The second kappa shape index (κ2) is 5.42. The fourth-order valence-corrected chi connectivity index (χ4v) is 1.51. The lowest BCUT2D eigenvalue weighted by atomic mass is 10.3. The molecule has 0 radical (unpaired) electrons. The van der Waals surface area contributed by atoms with Crippen molar-refractivity contribution in [3.63, 3.8) is 0 Å². The van der Waals surface area contributed by atoms with Crippen LogP contribution in [0.1, 0.15) is 6.92 Å². The van der Waals surface area contributed by atoms with E-state index in [4.69, 9.17) is 4.18 Å². The Labute approximate surface area is 89.2 Å². The first-order valence-corrected chi connectivity index (χ1v) is 5.29. The zero-order valence-electron chi connectivity index (χ0n) is 8.00. The van der Waals surface area contributed by atoms with Crippen molar-refractivity contribution in [2.24, 2.45) is 0 Å². The van der Waals surface area contributed by atoms with E-state index in [0.29, 0.717) is 6.54 Å². The first-order valence-electron chi connectivity index (χ1n) is 4.22. The number of rotatable bonds is 5. The van der Waals surface area contributed by atoms with E-state index < -0.39 is 16.2 Å². The van der Waals surface area contributed by atoms with Gasteiger partial charge in [-0.25, -0.2) is 4.72 Å². The molecule has 0 saturated carbocycles. The number of nitro groups is 1. The van der Waals surface area contributed by atoms with Gasteiger partial charge < -0.3 is 4.18 Å². The Morgan fingerprint density at radius 3 is 2.80 bits per heavy atom. The van der Waals surface area contributed by atoms with Crippen molar-refractivity contribution in [1.82, 2.24) is 4.72 Å². The molecule has 0 saturated heterocycles. The van der Waals surface area contributed by atoms with Gasteiger partial charge in [0.2, 0.25) is 5.75 Å². The molecule has 1 aromatic carbocycles. The zero-order chi connectivity index (χ0) is 11.3. The van der Waals surface area contributed by atoms with Crippen LogP contribution in [0.2, 0.25) is 0 Å². The molecule has 0 fully saturated rings. The molecular weight excluding hydrogens is 220 g/mol. The van der Waals surface area contributed by atoms with Crippen molar-refractivity contribution in [2.75, 3.05) is 6.54 Å². The van der Waals surface area contributed by atoms with Gasteiger partial charge >= 0.3 is 5.69 Å². The van der Waals surface area contributed by atoms with Gasteiger partial charge in [-0.05, 0) is 6.07 Å². The van der Waals surface area contributed by atoms with E-state index in [0.717, 1.165) is 0 Å². The third kappa shape index (κ3) is 3.30. The highest BCUT2D eigenvalue weighted by atomic mass is 32.2. The molecule has 7 heteroatoms. The Morgan fingerprint density at radius 1 is 1.53 bits per heavy atom. The van der Waals surface area contributed by atoms with Gasteiger partial charge in [-0.15, -0.1) is 0 Å². The molecule has 0 bridgehead atoms. The Bertz CT molecular complexity index is 383. The molecule has 1 rings (SSSR count). The van der Waals surface area contributed by atoms with E-state index in [1.165, 1.54) is 18.2 Å². The highest BCUT2D eigenvalue weighted by Crippen LogP contribution is 2.26. The minimum Gasteiger partial charge on any atom is -0.382 e. The number of hydrogen-bond acceptors (Lipinski definition) is 4. The standard InChI is InChI=1S/C8H10N2O4S/c1-2-9-15(13)14-8-6-4-3-5-7(8)10(11)12/h3-6,9H,2H2,1H3. The Balaban J connectivity index is 2.84. The van der Waals surface area contributed by atoms with E-state index in [1.54, 1.807) is 13.0 Å². The fourth-order valence-electron chi connectivity index (χ4n) is 0.907. The van der Waals surface area contributed by atoms with E-state index in [-0.39, 0.29) is 11.4 Å². The van der Waals surface area contributed by atoms with Gasteiger partial charge in [0.1, 0.15) is 0 Å². The number of nitrogens with zero attached hydrogens (tertiary/aromatic N) is 1. The Morgan fingerprint density at radius 2 is 2.20 bits per heavy atom. The van der Waals surface area contributed by atoms with Crippen molar-refractivity contribution < 1.29 is 13.3 Å². The highest BCUT2D eigenvalue weighted by molar-refractivity contribution is 7.78. The fraction of sp³-hybridized carbons (Fsp3) is 0.250. The van der Waals surface area contributed by atoms with Crippen LogP contribution in [0.15, 0.2) is 24.3 Å². The molecule has 0 aromatic heterocycles. The van der Waals surface area contributed by atoms with Crippen LogP contribution in [0.25, 0.3) is 0 Å². The maximum absolute atomic E-state index is 11.1. The average Bonchev–Trinajstić information content (AvgIpc) is 2.18. The van der Waals surface area contributed by atoms with Crippen molar-refractivity contribution in [2.45, 2.75) is 6.92 Å². The molecule has 82 valence electrons. The van der Waals surface area contributed by atoms with Crippen molar-refractivity contribution in [3.8, 4) is 5.75 Å². The smallest absolute Gasteiger partial charge is 0.312 e. The normalized spacial score (nSPS) is 12.1. The molecule has 0 heterocycles. The van der Waals surface area contributed by atoms with Crippen molar-refractivity contribution in [3.05, 3.63) is 34.4 Å². The molecule has 0 aliphatic heterocycles. The molecule has 0 aliphatic carbocycles. The summed E-state index contributed by atoms with van der Waals surface area (Å²) >= 11 is -1.75. The van der Waals surface area contributed by atoms with Crippen LogP contribution < -0.4 is 8.91 Å². The van der Waals surface area contributed by atoms with Gasteiger partial charge in [0.25, 0.3) is 11.3 Å². The summed E-state index contributed by atoms with van der Waals surface area (Å²) in [5, 5.41) is 10.6. The monoisotopic (exact) mass is 230 g/mol. The van der Waals surface area contributed by atoms with Crippen molar-refractivity contribution in [1.29, 1.82) is 0 Å². The average molecular weight is 230 g/mol. The van der Waals surface area contributed by atoms with Crippen LogP contribution in [0.4, 0.5) is 5.69 Å². The van der Waals surface area contributed by atoms with E-state index in [9.17, 15) is 14.3 Å². The maximum Gasteiger partial charge on any atom is 0.312 e. The predicted octanol–water partition coefficient (Wildman–Crippen LogP) is 1.16. The van der Waals surface area contributed by atoms with Gasteiger partial charge in [0.05, 0.1) is 4.92 Å². The maximum atomic E-state index is 11.1. The molecule has 0 aliphatic rings. The van der Waals surface area contributed by atoms with Gasteiger partial charge in [0.15, 0.2) is 0 Å². The van der Waals surface area contributed by atoms with Gasteiger partial charge in [0, 0.05) is 12.6 Å². The second-order valence-electron chi connectivity index (χ2n) is 2.54. The molecule has 1 atom stereocenters. The van der Waals surface area contributed by atoms with E-state index >= 15 is 0 Å². The summed E-state index contributed by atoms with van der Waals surface area (Å²) in [5.41, 5.74) is -0.205. The summed E-state index contributed by atoms with van der Waals surface area (Å²) in [6.45, 7) is 2.20. The largest absolute Gasteiger partial charge is 0.382 e. The van der Waals surface area contributed by atoms with Crippen LogP contribution >= 0.6 is 0 Å². The lowest BCUT2D eigenvalue weighted by molar-refractivity contribution is -0.385. The van der Waals surface area contributed by atoms with Crippen LogP contribution in [0.3, 0.4) is 0 Å². The quantitative estimate of drug-likeness (QED) is 0.608. The third-order valence-corrected chi connectivity index (χ3v) is 2.34. The van der Waals surface area contributed by atoms with Crippen LogP contribution in [0.5, 0.6) is 5.75 Å². The molecule has 0 amide bonds. The summed E-state index contributed by atoms with van der Waals surface area (Å²) in [5.74, 6) is -0.0122. The lowest BCUT2D eigenvalue weighted by Crippen LogP contribution is -2.21. The Kier molecular flexibility index (Phi) is 4.19. The third-order valence-electron chi connectivity index (χ3n) is 1.49. The van der Waals surface area contributed by atoms with Gasteiger partial charge in [-0.1, -0.05) is 19.1 Å². The number of nitro benzene ring substituents is 1. The van der Waals surface area contributed by atoms with Crippen molar-refractivity contribution >= 4 is 17.0 Å². The summed E-state index contributed by atoms with van der Waals surface area (Å²) in [4.78, 5) is 9.98. The molecule has 1 aromatic rings. The topological polar surface area (TPSA) is 81.5 Å². The number of benzene rings is 1. The summed E-state index contributed by atoms with van der Waals surface area (Å²) in [7, 11) is 0. The van der Waals surface area contributed by atoms with Crippen LogP contribution in [-0.4, -0.2) is 15.7 Å². The number of para-hydroxylation sites is 2.